The van der Waals surface area contributed by atoms with Gasteiger partial charge < -0.3 is 5.32 Å². The lowest BCUT2D eigenvalue weighted by Gasteiger charge is -2.10. The fourth-order valence-corrected chi connectivity index (χ4v) is 3.76. The maximum absolute atomic E-state index is 13.8. The molecule has 0 unspecified atom stereocenters. The first kappa shape index (κ1) is 16.7. The van der Waals surface area contributed by atoms with E-state index in [1.54, 1.807) is 6.07 Å². The number of aromatic nitrogens is 2. The third-order valence-electron chi connectivity index (χ3n) is 5.17. The fourth-order valence-electron chi connectivity index (χ4n) is 3.76. The number of hydrogen-bond acceptors (Lipinski definition) is 2. The highest BCUT2D eigenvalue weighted by molar-refractivity contribution is 5.82. The van der Waals surface area contributed by atoms with E-state index in [0.717, 1.165) is 40.7 Å². The molecule has 138 valence electrons. The predicted octanol–water partition coefficient (Wildman–Crippen LogP) is 5.54. The van der Waals surface area contributed by atoms with Crippen LogP contribution in [0.5, 0.6) is 0 Å². The van der Waals surface area contributed by atoms with Crippen molar-refractivity contribution in [2.75, 3.05) is 5.32 Å². The third-order valence-corrected chi connectivity index (χ3v) is 5.17. The highest BCUT2D eigenvalue weighted by Crippen LogP contribution is 2.40. The van der Waals surface area contributed by atoms with Crippen molar-refractivity contribution in [3.8, 4) is 22.5 Å². The third kappa shape index (κ3) is 2.76. The van der Waals surface area contributed by atoms with Gasteiger partial charge in [0.2, 0.25) is 0 Å². The highest BCUT2D eigenvalue weighted by Gasteiger charge is 2.25. The van der Waals surface area contributed by atoms with Crippen LogP contribution in [0.15, 0.2) is 66.7 Å². The van der Waals surface area contributed by atoms with Gasteiger partial charge in [0.25, 0.3) is 0 Å². The number of rotatable bonds is 4. The molecule has 3 aromatic carbocycles. The summed E-state index contributed by atoms with van der Waals surface area (Å²) in [6.45, 7) is 0.227. The molecule has 0 radical (unpaired) electrons. The number of nitrogens with zero attached hydrogens (tertiary/aromatic N) is 1. The van der Waals surface area contributed by atoms with Gasteiger partial charge in [0.1, 0.15) is 0 Å². The standard InChI is InChI=1S/C23H17F2N3/c24-20-8-4-7-15(21(20)25)13-26-17-9-10-18-16(11-17)12-19-22(27-28-23(18)19)14-5-2-1-3-6-14/h1-11,26H,12-13H2,(H,27,28). The summed E-state index contributed by atoms with van der Waals surface area (Å²) in [6.07, 6.45) is 0.787. The van der Waals surface area contributed by atoms with Crippen molar-refractivity contribution >= 4 is 5.69 Å². The SMILES string of the molecule is Fc1cccc(CNc2ccc3c(c2)Cc2c(-c4ccccc4)n[nH]c2-3)c1F. The van der Waals surface area contributed by atoms with Crippen molar-refractivity contribution in [3.05, 3.63) is 95.1 Å². The smallest absolute Gasteiger partial charge is 0.163 e. The molecule has 0 atom stereocenters. The lowest BCUT2D eigenvalue weighted by atomic mass is 10.1. The Labute approximate surface area is 161 Å². The Morgan fingerprint density at radius 1 is 0.964 bits per heavy atom. The van der Waals surface area contributed by atoms with Crippen molar-refractivity contribution < 1.29 is 8.78 Å². The second-order valence-corrected chi connectivity index (χ2v) is 6.91. The molecule has 3 nitrogen and oxygen atoms in total. The van der Waals surface area contributed by atoms with Crippen molar-refractivity contribution in [1.29, 1.82) is 0 Å². The van der Waals surface area contributed by atoms with Crippen LogP contribution in [0.25, 0.3) is 22.5 Å². The molecule has 1 aliphatic carbocycles. The second-order valence-electron chi connectivity index (χ2n) is 6.91. The van der Waals surface area contributed by atoms with Crippen molar-refractivity contribution in [2.45, 2.75) is 13.0 Å². The van der Waals surface area contributed by atoms with E-state index in [1.165, 1.54) is 17.2 Å². The van der Waals surface area contributed by atoms with Crippen LogP contribution in [0, 0.1) is 11.6 Å². The molecule has 0 fully saturated rings. The summed E-state index contributed by atoms with van der Waals surface area (Å²) in [5, 5.41) is 10.9. The van der Waals surface area contributed by atoms with Crippen LogP contribution in [0.4, 0.5) is 14.5 Å². The monoisotopic (exact) mass is 373 g/mol. The van der Waals surface area contributed by atoms with Gasteiger partial charge in [-0.15, -0.1) is 0 Å². The lowest BCUT2D eigenvalue weighted by molar-refractivity contribution is 0.500. The minimum absolute atomic E-state index is 0.227. The second kappa shape index (κ2) is 6.60. The van der Waals surface area contributed by atoms with Crippen LogP contribution in [0.1, 0.15) is 16.7 Å². The van der Waals surface area contributed by atoms with E-state index in [0.29, 0.717) is 5.56 Å². The van der Waals surface area contributed by atoms with Gasteiger partial charge in [-0.3, -0.25) is 5.10 Å². The molecule has 5 heteroatoms. The zero-order valence-electron chi connectivity index (χ0n) is 15.0. The van der Waals surface area contributed by atoms with Crippen LogP contribution in [-0.2, 0) is 13.0 Å². The topological polar surface area (TPSA) is 40.7 Å². The first-order valence-corrected chi connectivity index (χ1v) is 9.13. The Kier molecular flexibility index (Phi) is 3.93. The van der Waals surface area contributed by atoms with Crippen LogP contribution < -0.4 is 5.32 Å². The molecule has 0 bridgehead atoms. The normalized spacial score (nSPS) is 11.9. The quantitative estimate of drug-likeness (QED) is 0.434. The van der Waals surface area contributed by atoms with E-state index in [-0.39, 0.29) is 6.54 Å². The zero-order valence-corrected chi connectivity index (χ0v) is 15.0. The van der Waals surface area contributed by atoms with Gasteiger partial charge in [-0.05, 0) is 23.8 Å². The van der Waals surface area contributed by atoms with Gasteiger partial charge in [-0.25, -0.2) is 8.78 Å². The number of nitrogens with one attached hydrogen (secondary N) is 2. The van der Waals surface area contributed by atoms with Crippen LogP contribution in [0.3, 0.4) is 0 Å². The molecule has 4 aromatic rings. The summed E-state index contributed by atoms with van der Waals surface area (Å²) in [4.78, 5) is 0. The Morgan fingerprint density at radius 2 is 1.82 bits per heavy atom. The molecule has 28 heavy (non-hydrogen) atoms. The van der Waals surface area contributed by atoms with E-state index < -0.39 is 11.6 Å². The first-order valence-electron chi connectivity index (χ1n) is 9.13. The number of aromatic amines is 1. The summed E-state index contributed by atoms with van der Waals surface area (Å²) >= 11 is 0. The number of hydrogen-bond donors (Lipinski definition) is 2. The minimum Gasteiger partial charge on any atom is -0.381 e. The Bertz CT molecular complexity index is 1170. The zero-order chi connectivity index (χ0) is 19.1. The van der Waals surface area contributed by atoms with Gasteiger partial charge in [-0.1, -0.05) is 48.5 Å². The Balaban J connectivity index is 1.40. The molecule has 1 aromatic heterocycles. The Morgan fingerprint density at radius 3 is 2.68 bits per heavy atom. The number of H-pyrrole nitrogens is 1. The molecular formula is C23H17F2N3. The highest BCUT2D eigenvalue weighted by atomic mass is 19.2. The van der Waals surface area contributed by atoms with E-state index in [2.05, 4.69) is 33.7 Å². The van der Waals surface area contributed by atoms with Gasteiger partial charge in [-0.2, -0.15) is 5.10 Å². The maximum Gasteiger partial charge on any atom is 0.163 e. The van der Waals surface area contributed by atoms with E-state index in [9.17, 15) is 8.78 Å². The fraction of sp³-hybridized carbons (Fsp3) is 0.0870. The van der Waals surface area contributed by atoms with Gasteiger partial charge in [0, 0.05) is 40.9 Å². The average Bonchev–Trinajstić information content (AvgIpc) is 3.28. The number of halogens is 2. The molecule has 0 aliphatic heterocycles. The average molecular weight is 373 g/mol. The summed E-state index contributed by atoms with van der Waals surface area (Å²) in [5.74, 6) is -1.63. The van der Waals surface area contributed by atoms with E-state index in [1.807, 2.05) is 30.3 Å². The molecule has 0 spiro atoms. The van der Waals surface area contributed by atoms with Gasteiger partial charge in [0.05, 0.1) is 11.4 Å². The Hall–Kier alpha value is -3.47. The van der Waals surface area contributed by atoms with Gasteiger partial charge >= 0.3 is 0 Å². The van der Waals surface area contributed by atoms with Crippen molar-refractivity contribution in [1.82, 2.24) is 10.2 Å². The number of benzene rings is 3. The van der Waals surface area contributed by atoms with Crippen LogP contribution in [-0.4, -0.2) is 10.2 Å². The molecule has 0 saturated carbocycles. The number of anilines is 1. The minimum atomic E-state index is -0.826. The lowest BCUT2D eigenvalue weighted by Crippen LogP contribution is -2.03. The molecular weight excluding hydrogens is 356 g/mol. The summed E-state index contributed by atoms with van der Waals surface area (Å²) in [7, 11) is 0. The molecule has 1 aliphatic rings. The summed E-state index contributed by atoms with van der Waals surface area (Å²) in [5.41, 5.74) is 7.81. The maximum atomic E-state index is 13.8. The summed E-state index contributed by atoms with van der Waals surface area (Å²) in [6, 6.07) is 20.4. The molecule has 5 rings (SSSR count). The van der Waals surface area contributed by atoms with Crippen molar-refractivity contribution in [3.63, 3.8) is 0 Å². The molecule has 0 amide bonds. The van der Waals surface area contributed by atoms with Crippen LogP contribution >= 0.6 is 0 Å². The first-order chi connectivity index (χ1) is 13.7. The van der Waals surface area contributed by atoms with E-state index >= 15 is 0 Å². The number of fused-ring (bicyclic) bond motifs is 3. The van der Waals surface area contributed by atoms with Gasteiger partial charge in [0.15, 0.2) is 11.6 Å². The largest absolute Gasteiger partial charge is 0.381 e. The molecule has 1 heterocycles. The summed E-state index contributed by atoms with van der Waals surface area (Å²) < 4.78 is 27.2. The van der Waals surface area contributed by atoms with Crippen molar-refractivity contribution in [2.24, 2.45) is 0 Å². The molecule has 2 N–H and O–H groups in total. The molecule has 0 saturated heterocycles. The van der Waals surface area contributed by atoms with E-state index in [4.69, 9.17) is 0 Å². The predicted molar refractivity (Wildman–Crippen MR) is 106 cm³/mol. The van der Waals surface area contributed by atoms with Crippen LogP contribution in [0.2, 0.25) is 0 Å².